The molecule has 27 heavy (non-hydrogen) atoms. The van der Waals surface area contributed by atoms with E-state index in [0.29, 0.717) is 12.0 Å². The molecule has 2 aromatic carbocycles. The molecule has 1 fully saturated rings. The predicted octanol–water partition coefficient (Wildman–Crippen LogP) is 5.69. The van der Waals surface area contributed by atoms with E-state index in [2.05, 4.69) is 41.8 Å². The number of hydrogen-bond donors (Lipinski definition) is 0. The maximum atomic E-state index is 5.31. The highest BCUT2D eigenvalue weighted by Crippen LogP contribution is 2.37. The molecule has 0 aromatic heterocycles. The van der Waals surface area contributed by atoms with Gasteiger partial charge in [0.05, 0.1) is 18.8 Å². The summed E-state index contributed by atoms with van der Waals surface area (Å²) < 4.78 is 5.31. The van der Waals surface area contributed by atoms with E-state index in [0.717, 1.165) is 35.8 Å². The first-order valence-electron chi connectivity index (χ1n) is 9.35. The summed E-state index contributed by atoms with van der Waals surface area (Å²) in [6.07, 6.45) is 10.8. The highest BCUT2D eigenvalue weighted by atomic mass is 16.5. The molecule has 1 saturated heterocycles. The molecule has 3 heteroatoms. The summed E-state index contributed by atoms with van der Waals surface area (Å²) in [5.74, 6) is 2.40. The number of amidine groups is 1. The molecule has 2 unspecified atom stereocenters. The molecule has 2 aromatic rings. The van der Waals surface area contributed by atoms with Crippen molar-refractivity contribution in [2.75, 3.05) is 12.0 Å². The van der Waals surface area contributed by atoms with Gasteiger partial charge in [0.25, 0.3) is 0 Å². The fourth-order valence-corrected chi connectivity index (χ4v) is 3.60. The number of hydrogen-bond acceptors (Lipinski definition) is 2. The Morgan fingerprint density at radius 3 is 2.52 bits per heavy atom. The molecule has 0 amide bonds. The van der Waals surface area contributed by atoms with Gasteiger partial charge < -0.3 is 9.64 Å². The lowest BCUT2D eigenvalue weighted by Crippen LogP contribution is -2.53. The highest BCUT2D eigenvalue weighted by Gasteiger charge is 2.37. The summed E-state index contributed by atoms with van der Waals surface area (Å²) in [7, 11) is 1.69. The van der Waals surface area contributed by atoms with Crippen LogP contribution in [0.3, 0.4) is 0 Å². The van der Waals surface area contributed by atoms with E-state index >= 15 is 0 Å². The largest absolute Gasteiger partial charge is 0.497 e. The number of aliphatic imine (C=N–C) groups is 1. The van der Waals surface area contributed by atoms with E-state index in [1.807, 2.05) is 48.5 Å². The van der Waals surface area contributed by atoms with Crippen LogP contribution in [0.5, 0.6) is 5.75 Å². The van der Waals surface area contributed by atoms with Crippen LogP contribution in [0.2, 0.25) is 0 Å². The lowest BCUT2D eigenvalue weighted by molar-refractivity contribution is 0.415. The number of para-hydroxylation sites is 1. The Kier molecular flexibility index (Phi) is 4.93. The molecular weight excluding hydrogens is 332 g/mol. The van der Waals surface area contributed by atoms with Crippen LogP contribution in [0, 0.1) is 5.92 Å². The lowest BCUT2D eigenvalue weighted by atomic mass is 9.86. The molecular formula is C24H24N2O. The minimum atomic E-state index is 0.322. The second-order valence-corrected chi connectivity index (χ2v) is 6.85. The Morgan fingerprint density at radius 2 is 1.89 bits per heavy atom. The Hall–Kier alpha value is -3.07. The van der Waals surface area contributed by atoms with Gasteiger partial charge in [0, 0.05) is 12.1 Å². The van der Waals surface area contributed by atoms with Gasteiger partial charge in [-0.25, -0.2) is 4.99 Å². The number of methoxy groups -OCH3 is 1. The van der Waals surface area contributed by atoms with Crippen LogP contribution < -0.4 is 9.64 Å². The molecule has 1 heterocycles. The lowest BCUT2D eigenvalue weighted by Gasteiger charge is -2.45. The predicted molar refractivity (Wildman–Crippen MR) is 113 cm³/mol. The highest BCUT2D eigenvalue weighted by molar-refractivity contribution is 6.07. The fourth-order valence-electron chi connectivity index (χ4n) is 3.60. The van der Waals surface area contributed by atoms with E-state index in [1.165, 1.54) is 5.57 Å². The van der Waals surface area contributed by atoms with E-state index in [4.69, 9.17) is 9.73 Å². The number of nitrogens with zero attached hydrogens (tertiary/aromatic N) is 2. The van der Waals surface area contributed by atoms with Gasteiger partial charge in [0.2, 0.25) is 0 Å². The van der Waals surface area contributed by atoms with Gasteiger partial charge in [0.1, 0.15) is 11.6 Å². The normalized spacial score (nSPS) is 22.9. The smallest absolute Gasteiger partial charge is 0.119 e. The van der Waals surface area contributed by atoms with Crippen LogP contribution in [0.25, 0.3) is 0 Å². The van der Waals surface area contributed by atoms with Crippen LogP contribution in [-0.4, -0.2) is 19.0 Å². The first-order valence-corrected chi connectivity index (χ1v) is 9.35. The van der Waals surface area contributed by atoms with Crippen molar-refractivity contribution in [1.29, 1.82) is 0 Å². The topological polar surface area (TPSA) is 24.8 Å². The molecule has 0 radical (unpaired) electrons. The van der Waals surface area contributed by atoms with Gasteiger partial charge in [-0.05, 0) is 54.3 Å². The van der Waals surface area contributed by atoms with Gasteiger partial charge in [0.15, 0.2) is 0 Å². The third-order valence-electron chi connectivity index (χ3n) is 5.18. The molecule has 2 atom stereocenters. The standard InChI is InChI=1S/C24H24N2O/c1-3-18-9-11-19(12-10-18)23-17-24(25-20-7-5-4-6-8-20)26(23)21-13-15-22(27-2)16-14-21/h3-9,11-16,18,23H,1,10,17H2,2H3/b25-24+. The summed E-state index contributed by atoms with van der Waals surface area (Å²) in [6.45, 7) is 3.90. The molecule has 0 N–H and O–H groups in total. The summed E-state index contributed by atoms with van der Waals surface area (Å²) in [5, 5.41) is 0. The van der Waals surface area contributed by atoms with E-state index < -0.39 is 0 Å². The molecule has 4 rings (SSSR count). The number of benzene rings is 2. The number of ether oxygens (including phenoxy) is 1. The van der Waals surface area contributed by atoms with Crippen molar-refractivity contribution < 1.29 is 4.74 Å². The zero-order valence-corrected chi connectivity index (χ0v) is 15.6. The molecule has 0 bridgehead atoms. The van der Waals surface area contributed by atoms with Crippen molar-refractivity contribution in [2.45, 2.75) is 18.9 Å². The van der Waals surface area contributed by atoms with Crippen LogP contribution in [0.4, 0.5) is 11.4 Å². The van der Waals surface area contributed by atoms with Crippen molar-refractivity contribution in [3.63, 3.8) is 0 Å². The zero-order valence-electron chi connectivity index (χ0n) is 15.6. The van der Waals surface area contributed by atoms with Crippen LogP contribution >= 0.6 is 0 Å². The van der Waals surface area contributed by atoms with Crippen LogP contribution in [0.15, 0.2) is 96.0 Å². The Morgan fingerprint density at radius 1 is 1.11 bits per heavy atom. The SMILES string of the molecule is C=CC1C=CC(C2C/C(=N\c3ccccc3)N2c2ccc(OC)cc2)=CC1. The van der Waals surface area contributed by atoms with Crippen molar-refractivity contribution in [3.05, 3.63) is 91.1 Å². The molecule has 3 nitrogen and oxygen atoms in total. The van der Waals surface area contributed by atoms with E-state index in [1.54, 1.807) is 7.11 Å². The minimum Gasteiger partial charge on any atom is -0.497 e. The van der Waals surface area contributed by atoms with Crippen molar-refractivity contribution in [3.8, 4) is 5.75 Å². The van der Waals surface area contributed by atoms with E-state index in [9.17, 15) is 0 Å². The van der Waals surface area contributed by atoms with Gasteiger partial charge >= 0.3 is 0 Å². The van der Waals surface area contributed by atoms with Crippen molar-refractivity contribution >= 4 is 17.2 Å². The molecule has 2 aliphatic rings. The summed E-state index contributed by atoms with van der Waals surface area (Å²) in [6, 6.07) is 18.7. The number of rotatable bonds is 5. The Balaban J connectivity index is 1.64. The fraction of sp³-hybridized carbons (Fsp3) is 0.208. The molecule has 0 saturated carbocycles. The maximum absolute atomic E-state index is 5.31. The number of allylic oxidation sites excluding steroid dienone is 3. The summed E-state index contributed by atoms with van der Waals surface area (Å²) in [5.41, 5.74) is 3.49. The first-order chi connectivity index (χ1) is 13.3. The Bertz CT molecular complexity index is 894. The van der Waals surface area contributed by atoms with Crippen molar-refractivity contribution in [2.24, 2.45) is 10.9 Å². The maximum Gasteiger partial charge on any atom is 0.119 e. The van der Waals surface area contributed by atoms with Gasteiger partial charge in [-0.3, -0.25) is 0 Å². The van der Waals surface area contributed by atoms with Crippen molar-refractivity contribution in [1.82, 2.24) is 0 Å². The molecule has 1 aliphatic heterocycles. The number of anilines is 1. The molecule has 1 aliphatic carbocycles. The summed E-state index contributed by atoms with van der Waals surface area (Å²) in [4.78, 5) is 7.21. The summed E-state index contributed by atoms with van der Waals surface area (Å²) >= 11 is 0. The van der Waals surface area contributed by atoms with Crippen LogP contribution in [0.1, 0.15) is 12.8 Å². The first kappa shape index (κ1) is 17.3. The quantitative estimate of drug-likeness (QED) is 0.643. The third kappa shape index (κ3) is 3.59. The second kappa shape index (κ2) is 7.67. The third-order valence-corrected chi connectivity index (χ3v) is 5.18. The zero-order chi connectivity index (χ0) is 18.6. The molecule has 136 valence electrons. The van der Waals surface area contributed by atoms with E-state index in [-0.39, 0.29) is 0 Å². The molecule has 0 spiro atoms. The second-order valence-electron chi connectivity index (χ2n) is 6.85. The average Bonchev–Trinajstić information content (AvgIpc) is 2.72. The van der Waals surface area contributed by atoms with Gasteiger partial charge in [-0.15, -0.1) is 6.58 Å². The van der Waals surface area contributed by atoms with Gasteiger partial charge in [-0.2, -0.15) is 0 Å². The minimum absolute atomic E-state index is 0.322. The monoisotopic (exact) mass is 356 g/mol. The average molecular weight is 356 g/mol. The van der Waals surface area contributed by atoms with Gasteiger partial charge in [-0.1, -0.05) is 42.5 Å². The Labute approximate surface area is 161 Å². The van der Waals surface area contributed by atoms with Crippen LogP contribution in [-0.2, 0) is 0 Å².